The lowest BCUT2D eigenvalue weighted by atomic mass is 10.1. The summed E-state index contributed by atoms with van der Waals surface area (Å²) in [6.07, 6.45) is 1.82. The van der Waals surface area contributed by atoms with Crippen molar-refractivity contribution in [3.8, 4) is 11.3 Å². The van der Waals surface area contributed by atoms with Gasteiger partial charge in [0.05, 0.1) is 22.4 Å². The Morgan fingerprint density at radius 2 is 2.04 bits per heavy atom. The van der Waals surface area contributed by atoms with E-state index in [-0.39, 0.29) is 30.0 Å². The topological polar surface area (TPSA) is 62.1 Å². The minimum Gasteiger partial charge on any atom is -0.391 e. The molecule has 1 saturated heterocycles. The van der Waals surface area contributed by atoms with Gasteiger partial charge in [0.15, 0.2) is 0 Å². The first-order valence-corrected chi connectivity index (χ1v) is 9.17. The Bertz CT molecular complexity index is 727. The lowest BCUT2D eigenvalue weighted by Gasteiger charge is -2.19. The molecule has 7 heteroatoms. The Hall–Kier alpha value is -1.11. The number of nitrogens with one attached hydrogen (secondary N) is 2. The zero-order chi connectivity index (χ0) is 18.0. The highest BCUT2D eigenvalue weighted by molar-refractivity contribution is 6.33. The molecule has 0 amide bonds. The molecule has 0 radical (unpaired) electrons. The summed E-state index contributed by atoms with van der Waals surface area (Å²) in [6, 6.07) is 7.81. The van der Waals surface area contributed by atoms with Crippen molar-refractivity contribution in [3.05, 3.63) is 41.0 Å². The van der Waals surface area contributed by atoms with Crippen molar-refractivity contribution in [2.75, 3.05) is 19.6 Å². The van der Waals surface area contributed by atoms with Gasteiger partial charge in [-0.3, -0.25) is 4.68 Å². The zero-order valence-corrected chi connectivity index (χ0v) is 17.1. The van der Waals surface area contributed by atoms with E-state index in [1.807, 2.05) is 28.9 Å². The number of aliphatic hydroxyl groups excluding tert-OH is 1. The van der Waals surface area contributed by atoms with E-state index < -0.39 is 0 Å². The van der Waals surface area contributed by atoms with Crippen LogP contribution in [0.1, 0.15) is 26.3 Å². The van der Waals surface area contributed by atoms with Crippen LogP contribution in [0.25, 0.3) is 11.3 Å². The molecule has 3 rings (SSSR count). The van der Waals surface area contributed by atoms with E-state index in [2.05, 4.69) is 37.6 Å². The van der Waals surface area contributed by atoms with Crippen LogP contribution in [-0.4, -0.2) is 40.6 Å². The third kappa shape index (κ3) is 4.78. The van der Waals surface area contributed by atoms with E-state index >= 15 is 0 Å². The van der Waals surface area contributed by atoms with Crippen LogP contribution in [0.15, 0.2) is 30.5 Å². The highest BCUT2D eigenvalue weighted by atomic mass is 35.5. The number of halogens is 2. The average molecular weight is 399 g/mol. The van der Waals surface area contributed by atoms with Crippen LogP contribution in [0.4, 0.5) is 0 Å². The van der Waals surface area contributed by atoms with Crippen molar-refractivity contribution in [1.82, 2.24) is 20.4 Å². The second-order valence-electron chi connectivity index (χ2n) is 7.71. The maximum Gasteiger partial charge on any atom is 0.0983 e. The van der Waals surface area contributed by atoms with E-state index in [0.29, 0.717) is 18.1 Å². The molecule has 0 spiro atoms. The fourth-order valence-corrected chi connectivity index (χ4v) is 3.31. The van der Waals surface area contributed by atoms with Crippen LogP contribution >= 0.6 is 24.0 Å². The second kappa shape index (κ2) is 8.72. The normalized spacial score (nSPS) is 20.2. The minimum absolute atomic E-state index is 0. The molecule has 5 nitrogen and oxygen atoms in total. The Balaban J connectivity index is 0.00000243. The number of benzene rings is 1. The Kier molecular flexibility index (Phi) is 7.11. The number of aromatic nitrogens is 2. The van der Waals surface area contributed by atoms with Gasteiger partial charge >= 0.3 is 0 Å². The van der Waals surface area contributed by atoms with Gasteiger partial charge in [0, 0.05) is 49.4 Å². The predicted octanol–water partition coefficient (Wildman–Crippen LogP) is 3.05. The lowest BCUT2D eigenvalue weighted by Crippen LogP contribution is -2.30. The Morgan fingerprint density at radius 3 is 2.65 bits per heavy atom. The van der Waals surface area contributed by atoms with Crippen LogP contribution in [0.5, 0.6) is 0 Å². The minimum atomic E-state index is -0.271. The molecule has 2 unspecified atom stereocenters. The summed E-state index contributed by atoms with van der Waals surface area (Å²) < 4.78 is 1.99. The SMILES string of the molecule is CC(C)(C)n1cc(CNCC2CNCC2O)c(-c2ccccc2Cl)n1.Cl. The lowest BCUT2D eigenvalue weighted by molar-refractivity contribution is 0.146. The molecule has 144 valence electrons. The van der Waals surface area contributed by atoms with Crippen LogP contribution in [0.2, 0.25) is 5.02 Å². The molecule has 1 aliphatic heterocycles. The first-order valence-electron chi connectivity index (χ1n) is 8.79. The van der Waals surface area contributed by atoms with E-state index in [4.69, 9.17) is 16.7 Å². The summed E-state index contributed by atoms with van der Waals surface area (Å²) in [6.45, 7) is 9.40. The Morgan fingerprint density at radius 1 is 1.31 bits per heavy atom. The first kappa shape index (κ1) is 21.2. The van der Waals surface area contributed by atoms with Crippen molar-refractivity contribution in [3.63, 3.8) is 0 Å². The van der Waals surface area contributed by atoms with Gasteiger partial charge in [-0.25, -0.2) is 0 Å². The van der Waals surface area contributed by atoms with E-state index in [1.165, 1.54) is 0 Å². The van der Waals surface area contributed by atoms with Crippen molar-refractivity contribution in [1.29, 1.82) is 0 Å². The highest BCUT2D eigenvalue weighted by Gasteiger charge is 2.25. The molecule has 2 atom stereocenters. The highest BCUT2D eigenvalue weighted by Crippen LogP contribution is 2.30. The number of rotatable bonds is 5. The van der Waals surface area contributed by atoms with Crippen LogP contribution in [-0.2, 0) is 12.1 Å². The monoisotopic (exact) mass is 398 g/mol. The van der Waals surface area contributed by atoms with E-state index in [9.17, 15) is 5.11 Å². The molecule has 1 aliphatic rings. The smallest absolute Gasteiger partial charge is 0.0983 e. The molecule has 2 heterocycles. The van der Waals surface area contributed by atoms with Crippen molar-refractivity contribution < 1.29 is 5.11 Å². The van der Waals surface area contributed by atoms with Crippen molar-refractivity contribution >= 4 is 24.0 Å². The van der Waals surface area contributed by atoms with Gasteiger partial charge in [0.1, 0.15) is 0 Å². The number of nitrogens with zero attached hydrogens (tertiary/aromatic N) is 2. The van der Waals surface area contributed by atoms with Gasteiger partial charge in [-0.05, 0) is 26.8 Å². The van der Waals surface area contributed by atoms with Gasteiger partial charge in [-0.2, -0.15) is 5.10 Å². The fraction of sp³-hybridized carbons (Fsp3) is 0.526. The summed E-state index contributed by atoms with van der Waals surface area (Å²) in [4.78, 5) is 0. The molecule has 0 bridgehead atoms. The average Bonchev–Trinajstić information content (AvgIpc) is 3.15. The summed E-state index contributed by atoms with van der Waals surface area (Å²) in [7, 11) is 0. The molecule has 1 fully saturated rings. The van der Waals surface area contributed by atoms with Gasteiger partial charge in [-0.1, -0.05) is 29.8 Å². The van der Waals surface area contributed by atoms with Gasteiger partial charge in [-0.15, -0.1) is 12.4 Å². The zero-order valence-electron chi connectivity index (χ0n) is 15.5. The van der Waals surface area contributed by atoms with Gasteiger partial charge in [0.2, 0.25) is 0 Å². The number of aliphatic hydroxyl groups is 1. The molecular weight excluding hydrogens is 371 g/mol. The molecule has 1 aromatic heterocycles. The van der Waals surface area contributed by atoms with Crippen molar-refractivity contribution in [2.45, 2.75) is 39.0 Å². The van der Waals surface area contributed by atoms with Crippen LogP contribution in [0.3, 0.4) is 0 Å². The summed E-state index contributed by atoms with van der Waals surface area (Å²) in [5.74, 6) is 0.251. The number of β-amino-alcohol motifs (C(OH)–C–C–N with tert-alkyl or cyclic N) is 1. The standard InChI is InChI=1S/C19H27ClN4O.ClH/c1-19(2,3)24-12-14(10-21-8-13-9-22-11-17(13)25)18(23-24)15-6-4-5-7-16(15)20;/h4-7,12-13,17,21-22,25H,8-11H2,1-3H3;1H. The van der Waals surface area contributed by atoms with E-state index in [0.717, 1.165) is 29.9 Å². The number of hydrogen-bond donors (Lipinski definition) is 3. The Labute approximate surface area is 166 Å². The predicted molar refractivity (Wildman–Crippen MR) is 109 cm³/mol. The first-order chi connectivity index (χ1) is 11.9. The molecular formula is C19H28Cl2N4O. The number of hydrogen-bond acceptors (Lipinski definition) is 4. The van der Waals surface area contributed by atoms with Gasteiger partial charge in [0.25, 0.3) is 0 Å². The fourth-order valence-electron chi connectivity index (χ4n) is 3.08. The molecule has 26 heavy (non-hydrogen) atoms. The third-order valence-corrected chi connectivity index (χ3v) is 4.96. The molecule has 0 aliphatic carbocycles. The van der Waals surface area contributed by atoms with Crippen LogP contribution in [0, 0.1) is 5.92 Å². The van der Waals surface area contributed by atoms with E-state index in [1.54, 1.807) is 0 Å². The summed E-state index contributed by atoms with van der Waals surface area (Å²) in [5, 5.41) is 22.1. The van der Waals surface area contributed by atoms with Crippen LogP contribution < -0.4 is 10.6 Å². The molecule has 0 saturated carbocycles. The molecule has 1 aromatic carbocycles. The third-order valence-electron chi connectivity index (χ3n) is 4.63. The molecule has 3 N–H and O–H groups in total. The molecule has 2 aromatic rings. The quantitative estimate of drug-likeness (QED) is 0.723. The summed E-state index contributed by atoms with van der Waals surface area (Å²) in [5.41, 5.74) is 2.88. The largest absolute Gasteiger partial charge is 0.391 e. The van der Waals surface area contributed by atoms with Crippen molar-refractivity contribution in [2.24, 2.45) is 5.92 Å². The summed E-state index contributed by atoms with van der Waals surface area (Å²) >= 11 is 6.40. The van der Waals surface area contributed by atoms with Gasteiger partial charge < -0.3 is 15.7 Å². The maximum absolute atomic E-state index is 9.93. The maximum atomic E-state index is 9.93. The second-order valence-corrected chi connectivity index (χ2v) is 8.12.